The second-order valence-corrected chi connectivity index (χ2v) is 6.99. The summed E-state index contributed by atoms with van der Waals surface area (Å²) in [7, 11) is 3.22. The summed E-state index contributed by atoms with van der Waals surface area (Å²) in [4.78, 5) is 0. The maximum Gasteiger partial charge on any atom is 0.162 e. The molecule has 0 heterocycles. The molecule has 26 heavy (non-hydrogen) atoms. The number of hydrogen-bond acceptors (Lipinski definition) is 4. The van der Waals surface area contributed by atoms with Crippen LogP contribution in [0, 0.1) is 5.92 Å². The van der Waals surface area contributed by atoms with E-state index in [1.807, 2.05) is 18.2 Å². The van der Waals surface area contributed by atoms with Crippen LogP contribution in [0.4, 0.5) is 0 Å². The lowest BCUT2D eigenvalue weighted by Crippen LogP contribution is -2.13. The van der Waals surface area contributed by atoms with Crippen LogP contribution in [-0.2, 0) is 13.1 Å². The maximum absolute atomic E-state index is 6.33. The molecule has 5 heteroatoms. The molecule has 1 N–H and O–H groups in total. The first-order valence-corrected chi connectivity index (χ1v) is 9.24. The number of nitrogens with one attached hydrogen (secondary N) is 1. The molecule has 0 aliphatic carbocycles. The zero-order valence-electron chi connectivity index (χ0n) is 16.0. The molecule has 2 rings (SSSR count). The predicted molar refractivity (Wildman–Crippen MR) is 106 cm³/mol. The molecule has 0 saturated heterocycles. The summed E-state index contributed by atoms with van der Waals surface area (Å²) in [6.07, 6.45) is 1.06. The van der Waals surface area contributed by atoms with Crippen molar-refractivity contribution in [3.63, 3.8) is 0 Å². The Hall–Kier alpha value is -1.91. The molecule has 0 unspecified atom stereocenters. The number of methoxy groups -OCH3 is 2. The van der Waals surface area contributed by atoms with Gasteiger partial charge in [0.25, 0.3) is 0 Å². The normalized spacial score (nSPS) is 10.8. The molecule has 0 amide bonds. The highest BCUT2D eigenvalue weighted by Gasteiger charge is 2.09. The quantitative estimate of drug-likeness (QED) is 0.627. The fourth-order valence-electron chi connectivity index (χ4n) is 2.53. The average molecular weight is 378 g/mol. The monoisotopic (exact) mass is 377 g/mol. The Kier molecular flexibility index (Phi) is 8.07. The van der Waals surface area contributed by atoms with Crippen molar-refractivity contribution < 1.29 is 14.2 Å². The Balaban J connectivity index is 1.91. The maximum atomic E-state index is 6.33. The molecule has 0 bridgehead atoms. The molecule has 0 aliphatic heterocycles. The van der Waals surface area contributed by atoms with Crippen LogP contribution < -0.4 is 19.5 Å². The molecule has 2 aromatic rings. The second-order valence-electron chi connectivity index (χ2n) is 6.58. The minimum absolute atomic E-state index is 0.632. The number of hydrogen-bond donors (Lipinski definition) is 1. The minimum Gasteiger partial charge on any atom is -0.494 e. The highest BCUT2D eigenvalue weighted by Crippen LogP contribution is 2.33. The van der Waals surface area contributed by atoms with Crippen LogP contribution in [0.5, 0.6) is 17.2 Å². The van der Waals surface area contributed by atoms with E-state index in [0.29, 0.717) is 29.0 Å². The van der Waals surface area contributed by atoms with Crippen molar-refractivity contribution in [2.24, 2.45) is 5.92 Å². The molecule has 0 spiro atoms. The predicted octanol–water partition coefficient (Wildman–Crippen LogP) is 5.07. The van der Waals surface area contributed by atoms with E-state index in [1.165, 1.54) is 5.56 Å². The highest BCUT2D eigenvalue weighted by atomic mass is 35.5. The van der Waals surface area contributed by atoms with Gasteiger partial charge in [-0.1, -0.05) is 37.6 Å². The van der Waals surface area contributed by atoms with Gasteiger partial charge in [0.2, 0.25) is 0 Å². The van der Waals surface area contributed by atoms with E-state index in [0.717, 1.165) is 30.9 Å². The minimum atomic E-state index is 0.632. The zero-order chi connectivity index (χ0) is 18.9. The van der Waals surface area contributed by atoms with Crippen LogP contribution in [-0.4, -0.2) is 20.8 Å². The Bertz CT molecular complexity index is 704. The van der Waals surface area contributed by atoms with Gasteiger partial charge in [-0.2, -0.15) is 0 Å². The van der Waals surface area contributed by atoms with Crippen LogP contribution >= 0.6 is 11.6 Å². The largest absolute Gasteiger partial charge is 0.494 e. The second kappa shape index (κ2) is 10.3. The van der Waals surface area contributed by atoms with Crippen molar-refractivity contribution in [2.75, 3.05) is 20.8 Å². The van der Waals surface area contributed by atoms with Gasteiger partial charge in [-0.15, -0.1) is 0 Å². The molecular weight excluding hydrogens is 350 g/mol. The molecule has 0 atom stereocenters. The highest BCUT2D eigenvalue weighted by molar-refractivity contribution is 6.31. The summed E-state index contributed by atoms with van der Waals surface area (Å²) in [5.41, 5.74) is 2.14. The van der Waals surface area contributed by atoms with Crippen molar-refractivity contribution in [3.8, 4) is 17.2 Å². The summed E-state index contributed by atoms with van der Waals surface area (Å²) < 4.78 is 16.4. The SMILES string of the molecule is COc1cc(Cl)c(CNCc2cccc(OCCC(C)C)c2)cc1OC. The van der Waals surface area contributed by atoms with Gasteiger partial charge in [0.05, 0.1) is 20.8 Å². The van der Waals surface area contributed by atoms with Crippen molar-refractivity contribution in [1.82, 2.24) is 5.32 Å². The van der Waals surface area contributed by atoms with Gasteiger partial charge in [-0.25, -0.2) is 0 Å². The lowest BCUT2D eigenvalue weighted by atomic mass is 10.1. The van der Waals surface area contributed by atoms with Crippen LogP contribution in [0.15, 0.2) is 36.4 Å². The fourth-order valence-corrected chi connectivity index (χ4v) is 2.75. The molecule has 0 radical (unpaired) electrons. The topological polar surface area (TPSA) is 39.7 Å². The van der Waals surface area contributed by atoms with Crippen LogP contribution in [0.25, 0.3) is 0 Å². The van der Waals surface area contributed by atoms with Gasteiger partial charge in [-0.05, 0) is 41.7 Å². The summed E-state index contributed by atoms with van der Waals surface area (Å²) in [5, 5.41) is 4.07. The third kappa shape index (κ3) is 6.11. The van der Waals surface area contributed by atoms with Crippen molar-refractivity contribution >= 4 is 11.6 Å². The summed E-state index contributed by atoms with van der Waals surface area (Å²) >= 11 is 6.33. The van der Waals surface area contributed by atoms with E-state index in [9.17, 15) is 0 Å². The van der Waals surface area contributed by atoms with Gasteiger partial charge in [0, 0.05) is 24.2 Å². The third-order valence-corrected chi connectivity index (χ3v) is 4.41. The Morgan fingerprint density at radius 3 is 2.42 bits per heavy atom. The Morgan fingerprint density at radius 1 is 1.00 bits per heavy atom. The van der Waals surface area contributed by atoms with E-state index < -0.39 is 0 Å². The molecule has 0 saturated carbocycles. The third-order valence-electron chi connectivity index (χ3n) is 4.06. The molecule has 0 fully saturated rings. The standard InChI is InChI=1S/C21H28ClNO3/c1-15(2)8-9-26-18-7-5-6-16(10-18)13-23-14-17-11-20(24-3)21(25-4)12-19(17)22/h5-7,10-12,15,23H,8-9,13-14H2,1-4H3. The summed E-state index contributed by atoms with van der Waals surface area (Å²) in [6.45, 7) is 6.51. The van der Waals surface area contributed by atoms with E-state index in [-0.39, 0.29) is 0 Å². The van der Waals surface area contributed by atoms with E-state index in [4.69, 9.17) is 25.8 Å². The molecule has 2 aromatic carbocycles. The van der Waals surface area contributed by atoms with E-state index in [1.54, 1.807) is 20.3 Å². The molecule has 0 aromatic heterocycles. The summed E-state index contributed by atoms with van der Waals surface area (Å²) in [6, 6.07) is 11.8. The average Bonchev–Trinajstić information content (AvgIpc) is 2.62. The van der Waals surface area contributed by atoms with Crippen LogP contribution in [0.1, 0.15) is 31.4 Å². The lowest BCUT2D eigenvalue weighted by molar-refractivity contribution is 0.289. The van der Waals surface area contributed by atoms with Crippen molar-refractivity contribution in [2.45, 2.75) is 33.4 Å². The van der Waals surface area contributed by atoms with Gasteiger partial charge in [0.1, 0.15) is 5.75 Å². The number of benzene rings is 2. The molecular formula is C21H28ClNO3. The smallest absolute Gasteiger partial charge is 0.162 e. The van der Waals surface area contributed by atoms with Crippen LogP contribution in [0.2, 0.25) is 5.02 Å². The zero-order valence-corrected chi connectivity index (χ0v) is 16.7. The molecule has 4 nitrogen and oxygen atoms in total. The van der Waals surface area contributed by atoms with Gasteiger partial charge >= 0.3 is 0 Å². The van der Waals surface area contributed by atoms with Gasteiger partial charge < -0.3 is 19.5 Å². The first kappa shape index (κ1) is 20.4. The Labute approximate surface area is 161 Å². The first-order chi connectivity index (χ1) is 12.5. The van der Waals surface area contributed by atoms with Crippen molar-refractivity contribution in [3.05, 3.63) is 52.5 Å². The number of ether oxygens (including phenoxy) is 3. The van der Waals surface area contributed by atoms with Gasteiger partial charge in [-0.3, -0.25) is 0 Å². The molecule has 0 aliphatic rings. The van der Waals surface area contributed by atoms with Crippen LogP contribution in [0.3, 0.4) is 0 Å². The Morgan fingerprint density at radius 2 is 1.73 bits per heavy atom. The number of rotatable bonds is 10. The molecule has 142 valence electrons. The number of halogens is 1. The van der Waals surface area contributed by atoms with E-state index >= 15 is 0 Å². The van der Waals surface area contributed by atoms with Gasteiger partial charge in [0.15, 0.2) is 11.5 Å². The summed E-state index contributed by atoms with van der Waals surface area (Å²) in [5.74, 6) is 2.86. The first-order valence-electron chi connectivity index (χ1n) is 8.86. The van der Waals surface area contributed by atoms with E-state index in [2.05, 4.69) is 31.3 Å². The lowest BCUT2D eigenvalue weighted by Gasteiger charge is -2.13. The fraction of sp³-hybridized carbons (Fsp3) is 0.429. The van der Waals surface area contributed by atoms with Crippen molar-refractivity contribution in [1.29, 1.82) is 0 Å².